The van der Waals surface area contributed by atoms with Crippen LogP contribution in [0.2, 0.25) is 0 Å². The van der Waals surface area contributed by atoms with Gasteiger partial charge in [0, 0.05) is 5.41 Å². The second-order valence-corrected chi connectivity index (χ2v) is 5.96. The van der Waals surface area contributed by atoms with Crippen molar-refractivity contribution in [1.29, 1.82) is 0 Å². The lowest BCUT2D eigenvalue weighted by Crippen LogP contribution is -2.27. The zero-order chi connectivity index (χ0) is 16.3. The summed E-state index contributed by atoms with van der Waals surface area (Å²) in [4.78, 5) is 21.8. The van der Waals surface area contributed by atoms with E-state index in [4.69, 9.17) is 0 Å². The third-order valence-electron chi connectivity index (χ3n) is 3.01. The average Bonchev–Trinajstić information content (AvgIpc) is 3.04. The second-order valence-electron chi connectivity index (χ2n) is 5.96. The van der Waals surface area contributed by atoms with Crippen LogP contribution in [0, 0.1) is 10.1 Å². The van der Waals surface area contributed by atoms with Gasteiger partial charge in [-0.1, -0.05) is 20.8 Å². The van der Waals surface area contributed by atoms with E-state index >= 15 is 0 Å². The Balaban J connectivity index is 1.87. The number of aromatic amines is 1. The van der Waals surface area contributed by atoms with E-state index < -0.39 is 4.92 Å². The molecular weight excluding hydrogens is 288 g/mol. The SMILES string of the molecule is CC(C)(C)c1cc(CNC(=O)Cn2cc([N+](=O)[O-])cn2)[nH]n1. The number of nitrogens with one attached hydrogen (secondary N) is 2. The van der Waals surface area contributed by atoms with Crippen molar-refractivity contribution in [2.24, 2.45) is 0 Å². The molecule has 2 heterocycles. The van der Waals surface area contributed by atoms with Gasteiger partial charge in [0.05, 0.1) is 22.9 Å². The molecule has 0 unspecified atom stereocenters. The molecule has 0 aliphatic rings. The molecule has 0 aliphatic carbocycles. The van der Waals surface area contributed by atoms with Crippen molar-refractivity contribution < 1.29 is 9.72 Å². The Morgan fingerprint density at radius 2 is 2.23 bits per heavy atom. The van der Waals surface area contributed by atoms with Crippen LogP contribution in [0.15, 0.2) is 18.5 Å². The van der Waals surface area contributed by atoms with Crippen LogP contribution in [0.25, 0.3) is 0 Å². The van der Waals surface area contributed by atoms with Gasteiger partial charge in [-0.05, 0) is 6.07 Å². The first kappa shape index (κ1) is 15.7. The minimum atomic E-state index is -0.556. The first-order valence-electron chi connectivity index (χ1n) is 6.74. The fourth-order valence-corrected chi connectivity index (χ4v) is 1.77. The number of carbonyl (C=O) groups excluding carboxylic acids is 1. The maximum Gasteiger partial charge on any atom is 0.307 e. The average molecular weight is 306 g/mol. The van der Waals surface area contributed by atoms with Crippen molar-refractivity contribution >= 4 is 11.6 Å². The number of amides is 1. The number of carbonyl (C=O) groups is 1. The summed E-state index contributed by atoms with van der Waals surface area (Å²) in [6.45, 7) is 6.39. The van der Waals surface area contributed by atoms with Crippen molar-refractivity contribution in [3.63, 3.8) is 0 Å². The standard InChI is InChI=1S/C13H18N6O3/c1-13(2,3)11-4-9(16-17-11)5-14-12(20)8-18-7-10(6-15-18)19(21)22/h4,6-7H,5,8H2,1-3H3,(H,14,20)(H,16,17). The van der Waals surface area contributed by atoms with Crippen molar-refractivity contribution in [1.82, 2.24) is 25.3 Å². The monoisotopic (exact) mass is 306 g/mol. The molecule has 1 amide bonds. The summed E-state index contributed by atoms with van der Waals surface area (Å²) in [5.74, 6) is -0.287. The molecular formula is C13H18N6O3. The largest absolute Gasteiger partial charge is 0.349 e. The third kappa shape index (κ3) is 3.90. The van der Waals surface area contributed by atoms with Gasteiger partial charge in [-0.25, -0.2) is 0 Å². The molecule has 0 saturated carbocycles. The normalized spacial score (nSPS) is 11.4. The zero-order valence-corrected chi connectivity index (χ0v) is 12.7. The van der Waals surface area contributed by atoms with Crippen molar-refractivity contribution in [3.8, 4) is 0 Å². The van der Waals surface area contributed by atoms with Crippen LogP contribution >= 0.6 is 0 Å². The minimum Gasteiger partial charge on any atom is -0.349 e. The molecule has 9 nitrogen and oxygen atoms in total. The predicted octanol–water partition coefficient (Wildman–Crippen LogP) is 1.13. The summed E-state index contributed by atoms with van der Waals surface area (Å²) in [5.41, 5.74) is 1.51. The van der Waals surface area contributed by atoms with Gasteiger partial charge in [-0.15, -0.1) is 0 Å². The van der Waals surface area contributed by atoms with Crippen LogP contribution in [-0.2, 0) is 23.3 Å². The first-order chi connectivity index (χ1) is 10.3. The van der Waals surface area contributed by atoms with Gasteiger partial charge in [0.2, 0.25) is 5.91 Å². The number of hydrogen-bond donors (Lipinski definition) is 2. The van der Waals surface area contributed by atoms with Crippen LogP contribution in [-0.4, -0.2) is 30.8 Å². The molecule has 2 rings (SSSR count). The minimum absolute atomic E-state index is 0.0627. The van der Waals surface area contributed by atoms with Crippen molar-refractivity contribution in [3.05, 3.63) is 40.0 Å². The van der Waals surface area contributed by atoms with Crippen LogP contribution in [0.5, 0.6) is 0 Å². The van der Waals surface area contributed by atoms with Gasteiger partial charge in [0.15, 0.2) is 0 Å². The van der Waals surface area contributed by atoms with Crippen LogP contribution in [0.1, 0.15) is 32.2 Å². The highest BCUT2D eigenvalue weighted by molar-refractivity contribution is 5.75. The number of nitrogens with zero attached hydrogens (tertiary/aromatic N) is 4. The van der Waals surface area contributed by atoms with Gasteiger partial charge in [0.1, 0.15) is 18.9 Å². The lowest BCUT2D eigenvalue weighted by molar-refractivity contribution is -0.385. The van der Waals surface area contributed by atoms with Crippen LogP contribution in [0.4, 0.5) is 5.69 Å². The fourth-order valence-electron chi connectivity index (χ4n) is 1.77. The number of nitro groups is 1. The van der Waals surface area contributed by atoms with E-state index in [1.165, 1.54) is 10.9 Å². The molecule has 0 bridgehead atoms. The highest BCUT2D eigenvalue weighted by Crippen LogP contribution is 2.20. The number of H-pyrrole nitrogens is 1. The van der Waals surface area contributed by atoms with Gasteiger partial charge < -0.3 is 5.32 Å². The van der Waals surface area contributed by atoms with E-state index in [9.17, 15) is 14.9 Å². The van der Waals surface area contributed by atoms with E-state index in [0.29, 0.717) is 6.54 Å². The van der Waals surface area contributed by atoms with Crippen molar-refractivity contribution in [2.75, 3.05) is 0 Å². The van der Waals surface area contributed by atoms with E-state index in [0.717, 1.165) is 17.6 Å². The maximum atomic E-state index is 11.8. The van der Waals surface area contributed by atoms with Gasteiger partial charge >= 0.3 is 5.69 Å². The Morgan fingerprint density at radius 1 is 1.50 bits per heavy atom. The van der Waals surface area contributed by atoms with E-state index in [1.807, 2.05) is 6.07 Å². The molecule has 0 radical (unpaired) electrons. The Hall–Kier alpha value is -2.71. The molecule has 0 atom stereocenters. The number of hydrogen-bond acceptors (Lipinski definition) is 5. The first-order valence-corrected chi connectivity index (χ1v) is 6.74. The van der Waals surface area contributed by atoms with Crippen molar-refractivity contribution in [2.45, 2.75) is 39.3 Å². The molecule has 2 aromatic heterocycles. The fraction of sp³-hybridized carbons (Fsp3) is 0.462. The molecule has 2 aromatic rings. The van der Waals surface area contributed by atoms with E-state index in [-0.39, 0.29) is 23.6 Å². The molecule has 0 fully saturated rings. The quantitative estimate of drug-likeness (QED) is 0.634. The Labute approximate surface area is 126 Å². The number of aromatic nitrogens is 4. The summed E-state index contributed by atoms with van der Waals surface area (Å²) in [7, 11) is 0. The Morgan fingerprint density at radius 3 is 2.77 bits per heavy atom. The molecule has 9 heteroatoms. The van der Waals surface area contributed by atoms with Gasteiger partial charge in [0.25, 0.3) is 0 Å². The van der Waals surface area contributed by atoms with E-state index in [1.54, 1.807) is 0 Å². The predicted molar refractivity (Wildman–Crippen MR) is 78.0 cm³/mol. The third-order valence-corrected chi connectivity index (χ3v) is 3.01. The van der Waals surface area contributed by atoms with E-state index in [2.05, 4.69) is 41.4 Å². The molecule has 0 aliphatic heterocycles. The smallest absolute Gasteiger partial charge is 0.307 e. The number of rotatable bonds is 5. The van der Waals surface area contributed by atoms with Gasteiger partial charge in [-0.2, -0.15) is 10.2 Å². The molecule has 118 valence electrons. The highest BCUT2D eigenvalue weighted by atomic mass is 16.6. The summed E-state index contributed by atoms with van der Waals surface area (Å²) in [6, 6.07) is 1.90. The molecule has 2 N–H and O–H groups in total. The second kappa shape index (κ2) is 5.96. The zero-order valence-electron chi connectivity index (χ0n) is 12.7. The lowest BCUT2D eigenvalue weighted by Gasteiger charge is -2.13. The lowest BCUT2D eigenvalue weighted by atomic mass is 9.92. The van der Waals surface area contributed by atoms with Crippen LogP contribution < -0.4 is 5.32 Å². The highest BCUT2D eigenvalue weighted by Gasteiger charge is 2.17. The Bertz CT molecular complexity index is 682. The molecule has 0 saturated heterocycles. The molecule has 0 spiro atoms. The summed E-state index contributed by atoms with van der Waals surface area (Å²) in [5, 5.41) is 24.1. The van der Waals surface area contributed by atoms with Crippen LogP contribution in [0.3, 0.4) is 0 Å². The topological polar surface area (TPSA) is 119 Å². The Kier molecular flexibility index (Phi) is 4.25. The summed E-state index contributed by atoms with van der Waals surface area (Å²) < 4.78 is 1.22. The molecule has 0 aromatic carbocycles. The summed E-state index contributed by atoms with van der Waals surface area (Å²) in [6.07, 6.45) is 2.32. The molecule has 22 heavy (non-hydrogen) atoms. The van der Waals surface area contributed by atoms with Gasteiger partial charge in [-0.3, -0.25) is 24.7 Å². The summed E-state index contributed by atoms with van der Waals surface area (Å²) >= 11 is 0. The maximum absolute atomic E-state index is 11.8.